The van der Waals surface area contributed by atoms with Gasteiger partial charge in [0.1, 0.15) is 0 Å². The Hall–Kier alpha value is -1.53. The van der Waals surface area contributed by atoms with Crippen LogP contribution in [0.4, 0.5) is 0 Å². The summed E-state index contributed by atoms with van der Waals surface area (Å²) in [5, 5.41) is 7.91. The van der Waals surface area contributed by atoms with Gasteiger partial charge in [-0.25, -0.2) is 4.98 Å². The van der Waals surface area contributed by atoms with Gasteiger partial charge in [-0.05, 0) is 13.8 Å². The van der Waals surface area contributed by atoms with E-state index in [-0.39, 0.29) is 0 Å². The van der Waals surface area contributed by atoms with Crippen LogP contribution < -0.4 is 5.32 Å². The van der Waals surface area contributed by atoms with Crippen molar-refractivity contribution in [2.45, 2.75) is 32.7 Å². The molecule has 5 nitrogen and oxygen atoms in total. The number of aryl methyl sites for hydroxylation is 2. The predicted molar refractivity (Wildman–Crippen MR) is 88.4 cm³/mol. The van der Waals surface area contributed by atoms with E-state index >= 15 is 0 Å². The topological polar surface area (TPSA) is 58.5 Å². The zero-order valence-corrected chi connectivity index (χ0v) is 13.5. The summed E-state index contributed by atoms with van der Waals surface area (Å²) in [5.74, 6) is 2.04. The molecule has 2 aromatic heterocycles. The van der Waals surface area contributed by atoms with Gasteiger partial charge in [0, 0.05) is 42.0 Å². The minimum atomic E-state index is 0.764. The molecule has 114 valence electrons. The third-order valence-corrected chi connectivity index (χ3v) is 4.25. The van der Waals surface area contributed by atoms with E-state index in [2.05, 4.69) is 40.1 Å². The Morgan fingerprint density at radius 3 is 3.05 bits per heavy atom. The lowest BCUT2D eigenvalue weighted by molar-refractivity contribution is 0.693. The molecule has 2 aromatic rings. The van der Waals surface area contributed by atoms with Crippen LogP contribution in [0, 0.1) is 13.8 Å². The minimum Gasteiger partial charge on any atom is -0.348 e. The zero-order chi connectivity index (χ0) is 15.1. The minimum absolute atomic E-state index is 0.764. The fourth-order valence-electron chi connectivity index (χ4n) is 2.03. The molecule has 0 radical (unpaired) electrons. The summed E-state index contributed by atoms with van der Waals surface area (Å²) in [4.78, 5) is 7.40. The van der Waals surface area contributed by atoms with Crippen molar-refractivity contribution >= 4 is 11.8 Å². The first-order valence-electron chi connectivity index (χ1n) is 7.12. The van der Waals surface area contributed by atoms with Gasteiger partial charge in [0.15, 0.2) is 0 Å². The lowest BCUT2D eigenvalue weighted by Crippen LogP contribution is -2.16. The van der Waals surface area contributed by atoms with Gasteiger partial charge in [-0.15, -0.1) is 6.58 Å². The Bertz CT molecular complexity index is 572. The summed E-state index contributed by atoms with van der Waals surface area (Å²) >= 11 is 1.90. The Kier molecular flexibility index (Phi) is 6.07. The first-order valence-corrected chi connectivity index (χ1v) is 8.27. The number of hydrogen-bond acceptors (Lipinski definition) is 4. The first-order chi connectivity index (χ1) is 10.2. The van der Waals surface area contributed by atoms with Gasteiger partial charge in [0.25, 0.3) is 0 Å². The second-order valence-electron chi connectivity index (χ2n) is 4.95. The maximum absolute atomic E-state index is 4.45. The van der Waals surface area contributed by atoms with Crippen LogP contribution in [-0.2, 0) is 18.8 Å². The van der Waals surface area contributed by atoms with Crippen molar-refractivity contribution in [3.05, 3.63) is 47.8 Å². The van der Waals surface area contributed by atoms with E-state index in [1.54, 1.807) is 6.33 Å². The van der Waals surface area contributed by atoms with Crippen LogP contribution in [0.1, 0.15) is 22.6 Å². The summed E-state index contributed by atoms with van der Waals surface area (Å²) in [7, 11) is 0. The van der Waals surface area contributed by atoms with Gasteiger partial charge in [0.2, 0.25) is 0 Å². The molecule has 0 amide bonds. The second-order valence-corrected chi connectivity index (χ2v) is 6.06. The summed E-state index contributed by atoms with van der Waals surface area (Å²) in [6, 6.07) is 0. The molecule has 0 bridgehead atoms. The van der Waals surface area contributed by atoms with Crippen LogP contribution in [0.5, 0.6) is 0 Å². The van der Waals surface area contributed by atoms with E-state index in [9.17, 15) is 0 Å². The predicted octanol–water partition coefficient (Wildman–Crippen LogP) is 2.43. The van der Waals surface area contributed by atoms with Crippen molar-refractivity contribution in [2.24, 2.45) is 0 Å². The van der Waals surface area contributed by atoms with Gasteiger partial charge in [-0.3, -0.25) is 4.68 Å². The molecule has 0 aromatic carbocycles. The molecule has 0 aliphatic heterocycles. The average Bonchev–Trinajstić information content (AvgIpc) is 3.01. The lowest BCUT2D eigenvalue weighted by Gasteiger charge is -2.03. The lowest BCUT2D eigenvalue weighted by atomic mass is 10.2. The summed E-state index contributed by atoms with van der Waals surface area (Å²) in [6.45, 7) is 10.5. The number of hydrogen-bond donors (Lipinski definition) is 2. The molecular weight excluding hydrogens is 282 g/mol. The second kappa shape index (κ2) is 8.05. The van der Waals surface area contributed by atoms with Crippen molar-refractivity contribution in [3.8, 4) is 0 Å². The summed E-state index contributed by atoms with van der Waals surface area (Å²) in [5.41, 5.74) is 4.66. The Balaban J connectivity index is 1.63. The van der Waals surface area contributed by atoms with Crippen LogP contribution in [0.2, 0.25) is 0 Å². The summed E-state index contributed by atoms with van der Waals surface area (Å²) in [6.07, 6.45) is 5.70. The number of aromatic amines is 1. The molecule has 6 heteroatoms. The number of rotatable bonds is 9. The normalized spacial score (nSPS) is 11.0. The highest BCUT2D eigenvalue weighted by molar-refractivity contribution is 7.98. The van der Waals surface area contributed by atoms with Crippen LogP contribution in [0.15, 0.2) is 25.2 Å². The molecule has 0 unspecified atom stereocenters. The smallest absolute Gasteiger partial charge is 0.0925 e. The standard InChI is InChI=1S/C15H23N5S/c1-4-6-20-9-14(12(2)19-20)8-16-5-7-21-10-15-13(3)17-11-18-15/h4,9,11,16H,1,5-8,10H2,2-3H3,(H,17,18). The molecule has 0 fully saturated rings. The largest absolute Gasteiger partial charge is 0.348 e. The molecule has 0 saturated heterocycles. The van der Waals surface area contributed by atoms with Crippen molar-refractivity contribution in [1.82, 2.24) is 25.1 Å². The molecule has 0 saturated carbocycles. The first kappa shape index (κ1) is 15.9. The number of aromatic nitrogens is 4. The van der Waals surface area contributed by atoms with Crippen LogP contribution >= 0.6 is 11.8 Å². The molecule has 2 N–H and O–H groups in total. The number of H-pyrrole nitrogens is 1. The van der Waals surface area contributed by atoms with Crippen LogP contribution in [0.25, 0.3) is 0 Å². The maximum Gasteiger partial charge on any atom is 0.0925 e. The van der Waals surface area contributed by atoms with E-state index in [4.69, 9.17) is 0 Å². The molecule has 0 aliphatic carbocycles. The van der Waals surface area contributed by atoms with Crippen molar-refractivity contribution in [2.75, 3.05) is 12.3 Å². The average molecular weight is 305 g/mol. The monoisotopic (exact) mass is 305 g/mol. The van der Waals surface area contributed by atoms with Crippen LogP contribution in [0.3, 0.4) is 0 Å². The molecule has 2 heterocycles. The van der Waals surface area contributed by atoms with Gasteiger partial charge in [-0.1, -0.05) is 6.08 Å². The number of imidazole rings is 1. The van der Waals surface area contributed by atoms with Crippen molar-refractivity contribution in [3.63, 3.8) is 0 Å². The van der Waals surface area contributed by atoms with E-state index in [0.29, 0.717) is 0 Å². The highest BCUT2D eigenvalue weighted by atomic mass is 32.2. The third-order valence-electron chi connectivity index (χ3n) is 3.28. The van der Waals surface area contributed by atoms with Crippen molar-refractivity contribution in [1.29, 1.82) is 0 Å². The van der Waals surface area contributed by atoms with E-state index in [1.807, 2.05) is 29.4 Å². The molecule has 0 aliphatic rings. The summed E-state index contributed by atoms with van der Waals surface area (Å²) < 4.78 is 1.93. The van der Waals surface area contributed by atoms with Gasteiger partial charge in [-0.2, -0.15) is 16.9 Å². The quantitative estimate of drug-likeness (QED) is 0.552. The molecule has 0 atom stereocenters. The van der Waals surface area contributed by atoms with Gasteiger partial charge in [0.05, 0.1) is 24.3 Å². The Labute approximate surface area is 130 Å². The fraction of sp³-hybridized carbons (Fsp3) is 0.467. The fourth-order valence-corrected chi connectivity index (χ4v) is 2.94. The van der Waals surface area contributed by atoms with Crippen molar-refractivity contribution < 1.29 is 0 Å². The Morgan fingerprint density at radius 2 is 2.33 bits per heavy atom. The highest BCUT2D eigenvalue weighted by Gasteiger charge is 2.04. The molecule has 0 spiro atoms. The van der Waals surface area contributed by atoms with E-state index < -0.39 is 0 Å². The molecule has 2 rings (SSSR count). The Morgan fingerprint density at radius 1 is 1.48 bits per heavy atom. The number of thioether (sulfide) groups is 1. The number of nitrogens with zero attached hydrogens (tertiary/aromatic N) is 3. The SMILES string of the molecule is C=CCn1cc(CNCCSCc2nc[nH]c2C)c(C)n1. The number of allylic oxidation sites excluding steroid dienone is 1. The molecule has 21 heavy (non-hydrogen) atoms. The van der Waals surface area contributed by atoms with E-state index in [0.717, 1.165) is 42.5 Å². The van der Waals surface area contributed by atoms with Gasteiger partial charge >= 0.3 is 0 Å². The van der Waals surface area contributed by atoms with Gasteiger partial charge < -0.3 is 10.3 Å². The number of nitrogens with one attached hydrogen (secondary N) is 2. The maximum atomic E-state index is 4.45. The van der Waals surface area contributed by atoms with Crippen LogP contribution in [-0.4, -0.2) is 32.0 Å². The molecular formula is C15H23N5S. The van der Waals surface area contributed by atoms with E-state index in [1.165, 1.54) is 11.3 Å². The third kappa shape index (κ3) is 4.75. The zero-order valence-electron chi connectivity index (χ0n) is 12.7. The highest BCUT2D eigenvalue weighted by Crippen LogP contribution is 2.12.